The van der Waals surface area contributed by atoms with Gasteiger partial charge in [-0.2, -0.15) is 0 Å². The lowest BCUT2D eigenvalue weighted by molar-refractivity contribution is -0.00688. The molecule has 0 unspecified atom stereocenters. The van der Waals surface area contributed by atoms with Crippen molar-refractivity contribution in [1.29, 1.82) is 0 Å². The number of thiophene rings is 1. The quantitative estimate of drug-likeness (QED) is 0.858. The minimum Gasteiger partial charge on any atom is -0.297 e. The average Bonchev–Trinajstić information content (AvgIpc) is 3.17. The smallest absolute Gasteiger partial charge is 0.267 e. The summed E-state index contributed by atoms with van der Waals surface area (Å²) in [4.78, 5) is 17.8. The molecule has 0 aromatic carbocycles. The normalized spacial score (nSPS) is 34.7. The lowest BCUT2D eigenvalue weighted by atomic mass is 9.49. The SMILES string of the molecule is O=C(Nc1nc(C23CC4CC(CC(C4)C2)C3)cs1)c1cccs1. The number of hydrogen-bond acceptors (Lipinski definition) is 4. The molecular formula is C18H20N2OS2. The lowest BCUT2D eigenvalue weighted by Gasteiger charge is -2.56. The van der Waals surface area contributed by atoms with Crippen LogP contribution in [0.2, 0.25) is 0 Å². The number of nitrogens with one attached hydrogen (secondary N) is 1. The number of anilines is 1. The Bertz CT molecular complexity index is 699. The third-order valence-electron chi connectivity index (χ3n) is 6.05. The fraction of sp³-hybridized carbons (Fsp3) is 0.556. The molecular weight excluding hydrogens is 324 g/mol. The summed E-state index contributed by atoms with van der Waals surface area (Å²) in [5, 5.41) is 7.87. The molecule has 4 saturated carbocycles. The Hall–Kier alpha value is -1.20. The molecule has 4 aliphatic carbocycles. The lowest BCUT2D eigenvalue weighted by Crippen LogP contribution is -2.48. The van der Waals surface area contributed by atoms with Crippen LogP contribution in [0.25, 0.3) is 0 Å². The van der Waals surface area contributed by atoms with Crippen molar-refractivity contribution < 1.29 is 4.79 Å². The van der Waals surface area contributed by atoms with Crippen LogP contribution in [-0.4, -0.2) is 10.9 Å². The first-order valence-electron chi connectivity index (χ1n) is 8.51. The van der Waals surface area contributed by atoms with E-state index in [4.69, 9.17) is 4.98 Å². The zero-order valence-corrected chi connectivity index (χ0v) is 14.6. The summed E-state index contributed by atoms with van der Waals surface area (Å²) < 4.78 is 0. The summed E-state index contributed by atoms with van der Waals surface area (Å²) in [5.74, 6) is 2.73. The van der Waals surface area contributed by atoms with Gasteiger partial charge < -0.3 is 0 Å². The molecule has 2 aromatic rings. The minimum atomic E-state index is -0.0357. The monoisotopic (exact) mass is 344 g/mol. The maximum absolute atomic E-state index is 12.2. The van der Waals surface area contributed by atoms with Crippen molar-refractivity contribution in [1.82, 2.24) is 4.98 Å². The second-order valence-corrected chi connectivity index (χ2v) is 9.47. The maximum Gasteiger partial charge on any atom is 0.267 e. The fourth-order valence-corrected chi connectivity index (χ4v) is 7.01. The van der Waals surface area contributed by atoms with Crippen molar-refractivity contribution >= 4 is 33.7 Å². The molecule has 5 heteroatoms. The number of hydrogen-bond donors (Lipinski definition) is 1. The maximum atomic E-state index is 12.2. The predicted octanol–water partition coefficient (Wildman–Crippen LogP) is 4.92. The number of rotatable bonds is 3. The summed E-state index contributed by atoms with van der Waals surface area (Å²) in [6.07, 6.45) is 8.31. The summed E-state index contributed by atoms with van der Waals surface area (Å²) >= 11 is 3.05. The van der Waals surface area contributed by atoms with Crippen LogP contribution in [0.5, 0.6) is 0 Å². The molecule has 1 amide bonds. The van der Waals surface area contributed by atoms with E-state index in [1.807, 2.05) is 17.5 Å². The highest BCUT2D eigenvalue weighted by Gasteiger charge is 2.52. The number of nitrogens with zero attached hydrogens (tertiary/aromatic N) is 1. The Morgan fingerprint density at radius 3 is 2.43 bits per heavy atom. The fourth-order valence-electron chi connectivity index (χ4n) is 5.57. The Kier molecular flexibility index (Phi) is 3.17. The molecule has 23 heavy (non-hydrogen) atoms. The van der Waals surface area contributed by atoms with Gasteiger partial charge in [0.15, 0.2) is 5.13 Å². The van der Waals surface area contributed by atoms with Gasteiger partial charge in [-0.05, 0) is 67.7 Å². The van der Waals surface area contributed by atoms with Gasteiger partial charge in [0.25, 0.3) is 5.91 Å². The van der Waals surface area contributed by atoms with Crippen molar-refractivity contribution in [2.75, 3.05) is 5.32 Å². The number of carbonyl (C=O) groups is 1. The molecule has 3 nitrogen and oxygen atoms in total. The van der Waals surface area contributed by atoms with Crippen LogP contribution in [-0.2, 0) is 5.41 Å². The molecule has 0 saturated heterocycles. The van der Waals surface area contributed by atoms with Crippen molar-refractivity contribution in [3.63, 3.8) is 0 Å². The van der Waals surface area contributed by atoms with Crippen molar-refractivity contribution in [3.8, 4) is 0 Å². The largest absolute Gasteiger partial charge is 0.297 e. The van der Waals surface area contributed by atoms with Crippen molar-refractivity contribution in [2.24, 2.45) is 17.8 Å². The van der Waals surface area contributed by atoms with Gasteiger partial charge >= 0.3 is 0 Å². The van der Waals surface area contributed by atoms with E-state index in [0.717, 1.165) is 27.8 Å². The third kappa shape index (κ3) is 2.36. The van der Waals surface area contributed by atoms with E-state index in [1.54, 1.807) is 11.3 Å². The highest BCUT2D eigenvalue weighted by Crippen LogP contribution is 2.60. The topological polar surface area (TPSA) is 42.0 Å². The number of aromatic nitrogens is 1. The van der Waals surface area contributed by atoms with Crippen LogP contribution in [0.3, 0.4) is 0 Å². The van der Waals surface area contributed by atoms with E-state index < -0.39 is 0 Å². The molecule has 4 aliphatic rings. The molecule has 4 bridgehead atoms. The molecule has 6 rings (SSSR count). The number of carbonyl (C=O) groups excluding carboxylic acids is 1. The summed E-state index contributed by atoms with van der Waals surface area (Å²) in [6.45, 7) is 0. The van der Waals surface area contributed by atoms with Crippen LogP contribution in [0.1, 0.15) is 53.9 Å². The van der Waals surface area contributed by atoms with Gasteiger partial charge in [-0.15, -0.1) is 22.7 Å². The number of amides is 1. The Balaban J connectivity index is 1.38. The molecule has 120 valence electrons. The van der Waals surface area contributed by atoms with E-state index in [0.29, 0.717) is 5.41 Å². The zero-order chi connectivity index (χ0) is 15.4. The molecule has 2 heterocycles. The van der Waals surface area contributed by atoms with Gasteiger partial charge in [-0.1, -0.05) is 6.07 Å². The van der Waals surface area contributed by atoms with E-state index in [2.05, 4.69) is 10.7 Å². The second kappa shape index (κ2) is 5.15. The third-order valence-corrected chi connectivity index (χ3v) is 7.68. The molecule has 0 atom stereocenters. The van der Waals surface area contributed by atoms with Gasteiger partial charge in [0.05, 0.1) is 10.6 Å². The highest BCUT2D eigenvalue weighted by atomic mass is 32.1. The molecule has 1 N–H and O–H groups in total. The first-order valence-corrected chi connectivity index (χ1v) is 10.3. The predicted molar refractivity (Wildman–Crippen MR) is 94.2 cm³/mol. The van der Waals surface area contributed by atoms with Crippen LogP contribution in [0.4, 0.5) is 5.13 Å². The summed E-state index contributed by atoms with van der Waals surface area (Å²) in [7, 11) is 0. The first-order chi connectivity index (χ1) is 11.2. The van der Waals surface area contributed by atoms with Crippen LogP contribution in [0, 0.1) is 17.8 Å². The van der Waals surface area contributed by atoms with Gasteiger partial charge in [-0.3, -0.25) is 10.1 Å². The van der Waals surface area contributed by atoms with E-state index in [9.17, 15) is 4.79 Å². The van der Waals surface area contributed by atoms with Crippen molar-refractivity contribution in [3.05, 3.63) is 33.5 Å². The van der Waals surface area contributed by atoms with Gasteiger partial charge in [-0.25, -0.2) is 4.98 Å². The Labute approximate surface area is 144 Å². The summed E-state index contributed by atoms with van der Waals surface area (Å²) in [5.41, 5.74) is 1.57. The molecule has 2 aromatic heterocycles. The highest BCUT2D eigenvalue weighted by molar-refractivity contribution is 7.14. The van der Waals surface area contributed by atoms with Gasteiger partial charge in [0, 0.05) is 10.8 Å². The Morgan fingerprint density at radius 1 is 1.13 bits per heavy atom. The standard InChI is InChI=1S/C18H20N2OS2/c21-16(14-2-1-3-22-14)20-17-19-15(10-23-17)18-7-11-4-12(8-18)6-13(5-11)9-18/h1-3,10-13H,4-9H2,(H,19,20,21). The van der Waals surface area contributed by atoms with Crippen LogP contribution < -0.4 is 5.32 Å². The minimum absolute atomic E-state index is 0.0357. The first kappa shape index (κ1) is 14.2. The summed E-state index contributed by atoms with van der Waals surface area (Å²) in [6, 6.07) is 3.76. The Morgan fingerprint density at radius 2 is 1.83 bits per heavy atom. The second-order valence-electron chi connectivity index (χ2n) is 7.67. The van der Waals surface area contributed by atoms with E-state index in [1.165, 1.54) is 55.6 Å². The molecule has 0 aliphatic heterocycles. The van der Waals surface area contributed by atoms with Crippen LogP contribution in [0.15, 0.2) is 22.9 Å². The zero-order valence-electron chi connectivity index (χ0n) is 13.0. The number of thiazole rings is 1. The molecule has 4 fully saturated rings. The van der Waals surface area contributed by atoms with E-state index >= 15 is 0 Å². The van der Waals surface area contributed by atoms with E-state index in [-0.39, 0.29) is 5.91 Å². The van der Waals surface area contributed by atoms with Gasteiger partial charge in [0.2, 0.25) is 0 Å². The van der Waals surface area contributed by atoms with Crippen LogP contribution >= 0.6 is 22.7 Å². The van der Waals surface area contributed by atoms with Gasteiger partial charge in [0.1, 0.15) is 0 Å². The molecule has 0 spiro atoms. The van der Waals surface area contributed by atoms with Crippen molar-refractivity contribution in [2.45, 2.75) is 43.9 Å². The molecule has 0 radical (unpaired) electrons. The average molecular weight is 345 g/mol.